The molecule has 2 aromatic carbocycles. The Morgan fingerprint density at radius 3 is 2.56 bits per heavy atom. The summed E-state index contributed by atoms with van der Waals surface area (Å²) in [4.78, 5) is 22.2. The predicted molar refractivity (Wildman–Crippen MR) is 136 cm³/mol. The first-order valence-electron chi connectivity index (χ1n) is 12.3. The van der Waals surface area contributed by atoms with Crippen molar-refractivity contribution in [2.45, 2.75) is 39.0 Å². The number of aromatic nitrogens is 1. The van der Waals surface area contributed by atoms with E-state index in [4.69, 9.17) is 4.98 Å². The van der Waals surface area contributed by atoms with Crippen molar-refractivity contribution in [2.75, 3.05) is 42.9 Å². The summed E-state index contributed by atoms with van der Waals surface area (Å²) < 4.78 is 0. The topological polar surface area (TPSA) is 72.3 Å². The van der Waals surface area contributed by atoms with Gasteiger partial charge in [-0.25, -0.2) is 4.98 Å². The molecule has 0 spiro atoms. The molecular formula is C28H31N5O. The molecule has 1 saturated heterocycles. The molecule has 5 rings (SSSR count). The number of nitriles is 1. The molecule has 2 heterocycles. The van der Waals surface area contributed by atoms with Gasteiger partial charge in [-0.2, -0.15) is 5.26 Å². The Labute approximate surface area is 201 Å². The van der Waals surface area contributed by atoms with E-state index in [2.05, 4.69) is 47.2 Å². The molecule has 6 nitrogen and oxygen atoms in total. The van der Waals surface area contributed by atoms with Gasteiger partial charge in [0.05, 0.1) is 12.1 Å². The lowest BCUT2D eigenvalue weighted by atomic mass is 9.97. The highest BCUT2D eigenvalue weighted by Crippen LogP contribution is 2.36. The lowest BCUT2D eigenvalue weighted by molar-refractivity contribution is -0.117. The van der Waals surface area contributed by atoms with E-state index in [0.29, 0.717) is 12.5 Å². The zero-order valence-electron chi connectivity index (χ0n) is 20.0. The van der Waals surface area contributed by atoms with Crippen molar-refractivity contribution in [1.82, 2.24) is 9.88 Å². The Balaban J connectivity index is 1.26. The molecule has 174 valence electrons. The number of fused-ring (bicyclic) bond motifs is 2. The fourth-order valence-electron chi connectivity index (χ4n) is 5.34. The summed E-state index contributed by atoms with van der Waals surface area (Å²) in [5.74, 6) is 1.18. The van der Waals surface area contributed by atoms with E-state index >= 15 is 0 Å². The summed E-state index contributed by atoms with van der Waals surface area (Å²) in [5, 5.41) is 15.2. The molecule has 0 unspecified atom stereocenters. The maximum Gasteiger partial charge on any atom is 0.238 e. The van der Waals surface area contributed by atoms with E-state index < -0.39 is 0 Å². The molecule has 0 radical (unpaired) electrons. The maximum atomic E-state index is 12.8. The van der Waals surface area contributed by atoms with E-state index in [1.165, 1.54) is 11.1 Å². The van der Waals surface area contributed by atoms with Crippen LogP contribution < -0.4 is 10.2 Å². The van der Waals surface area contributed by atoms with Crippen LogP contribution in [-0.4, -0.2) is 48.5 Å². The Morgan fingerprint density at radius 2 is 1.79 bits per heavy atom. The first-order valence-corrected chi connectivity index (χ1v) is 12.3. The molecular weight excluding hydrogens is 422 g/mol. The first kappa shape index (κ1) is 22.4. The molecule has 1 aliphatic carbocycles. The third kappa shape index (κ3) is 4.24. The third-order valence-corrected chi connectivity index (χ3v) is 7.04. The van der Waals surface area contributed by atoms with Crippen LogP contribution in [0.2, 0.25) is 0 Å². The predicted octanol–water partition coefficient (Wildman–Crippen LogP) is 4.48. The third-order valence-electron chi connectivity index (χ3n) is 7.04. The van der Waals surface area contributed by atoms with Crippen LogP contribution in [0.15, 0.2) is 42.5 Å². The monoisotopic (exact) mass is 453 g/mol. The van der Waals surface area contributed by atoms with Gasteiger partial charge in [0.15, 0.2) is 0 Å². The number of hydrogen-bond acceptors (Lipinski definition) is 5. The molecule has 1 fully saturated rings. The molecule has 1 aromatic heterocycles. The first-order chi connectivity index (χ1) is 16.5. The minimum atomic E-state index is 0.000247. The summed E-state index contributed by atoms with van der Waals surface area (Å²) in [6.45, 7) is 7.79. The number of carbonyl (C=O) groups excluding carboxylic acids is 1. The number of piperazine rings is 1. The Hall–Kier alpha value is -3.43. The second-order valence-corrected chi connectivity index (χ2v) is 9.61. The maximum absolute atomic E-state index is 12.8. The van der Waals surface area contributed by atoms with Gasteiger partial charge in [0.25, 0.3) is 0 Å². The lowest BCUT2D eigenvalue weighted by Gasteiger charge is -2.36. The van der Waals surface area contributed by atoms with Gasteiger partial charge in [-0.3, -0.25) is 9.69 Å². The Bertz CT molecular complexity index is 1260. The van der Waals surface area contributed by atoms with Crippen molar-refractivity contribution < 1.29 is 4.79 Å². The number of carbonyl (C=O) groups is 1. The van der Waals surface area contributed by atoms with Gasteiger partial charge in [-0.1, -0.05) is 50.2 Å². The minimum Gasteiger partial charge on any atom is -0.353 e. The smallest absolute Gasteiger partial charge is 0.238 e. The van der Waals surface area contributed by atoms with Gasteiger partial charge < -0.3 is 10.2 Å². The molecule has 0 bridgehead atoms. The average molecular weight is 454 g/mol. The van der Waals surface area contributed by atoms with Crippen LogP contribution in [0, 0.1) is 11.3 Å². The summed E-state index contributed by atoms with van der Waals surface area (Å²) in [5.41, 5.74) is 5.29. The lowest BCUT2D eigenvalue weighted by Crippen LogP contribution is -2.49. The molecule has 0 saturated carbocycles. The second kappa shape index (κ2) is 9.44. The number of nitrogens with one attached hydrogen (secondary N) is 1. The van der Waals surface area contributed by atoms with Gasteiger partial charge in [0.2, 0.25) is 5.91 Å². The van der Waals surface area contributed by atoms with Crippen LogP contribution in [-0.2, 0) is 17.6 Å². The van der Waals surface area contributed by atoms with E-state index in [9.17, 15) is 10.1 Å². The molecule has 1 amide bonds. The Kier molecular flexibility index (Phi) is 6.21. The van der Waals surface area contributed by atoms with Crippen molar-refractivity contribution in [3.05, 3.63) is 64.8 Å². The normalized spacial score (nSPS) is 16.0. The number of rotatable bonds is 5. The summed E-state index contributed by atoms with van der Waals surface area (Å²) in [6, 6.07) is 16.5. The van der Waals surface area contributed by atoms with Crippen molar-refractivity contribution in [2.24, 2.45) is 0 Å². The van der Waals surface area contributed by atoms with Gasteiger partial charge in [-0.15, -0.1) is 0 Å². The zero-order valence-corrected chi connectivity index (χ0v) is 20.0. The van der Waals surface area contributed by atoms with Gasteiger partial charge >= 0.3 is 0 Å². The van der Waals surface area contributed by atoms with E-state index in [-0.39, 0.29) is 5.91 Å². The molecule has 1 aliphatic heterocycles. The van der Waals surface area contributed by atoms with Crippen molar-refractivity contribution in [3.63, 3.8) is 0 Å². The van der Waals surface area contributed by atoms with Crippen LogP contribution in [0.1, 0.15) is 48.6 Å². The SMILES string of the molecule is CC(C)c1nc(N2CCN(CC(=O)Nc3cccc4ccccc34)CC2)c(C#N)c2c1CCC2. The van der Waals surface area contributed by atoms with Gasteiger partial charge in [0, 0.05) is 42.9 Å². The molecule has 6 heteroatoms. The number of amides is 1. The summed E-state index contributed by atoms with van der Waals surface area (Å²) >= 11 is 0. The van der Waals surface area contributed by atoms with Crippen molar-refractivity contribution in [1.29, 1.82) is 5.26 Å². The fraction of sp³-hybridized carbons (Fsp3) is 0.393. The van der Waals surface area contributed by atoms with Crippen molar-refractivity contribution in [3.8, 4) is 6.07 Å². The highest BCUT2D eigenvalue weighted by atomic mass is 16.2. The van der Waals surface area contributed by atoms with Crippen LogP contribution in [0.5, 0.6) is 0 Å². The van der Waals surface area contributed by atoms with Gasteiger partial charge in [-0.05, 0) is 47.8 Å². The van der Waals surface area contributed by atoms with Crippen LogP contribution in [0.3, 0.4) is 0 Å². The van der Waals surface area contributed by atoms with E-state index in [1.54, 1.807) is 0 Å². The molecule has 3 aromatic rings. The zero-order chi connectivity index (χ0) is 23.7. The molecule has 1 N–H and O–H groups in total. The minimum absolute atomic E-state index is 0.000247. The summed E-state index contributed by atoms with van der Waals surface area (Å²) in [7, 11) is 0. The number of nitrogens with zero attached hydrogens (tertiary/aromatic N) is 4. The standard InChI is InChI=1S/C28H31N5O/c1-19(2)27-23-11-6-10-22(23)24(17-29)28(31-27)33-15-13-32(14-16-33)18-26(34)30-25-12-5-8-20-7-3-4-9-21(20)25/h3-5,7-9,12,19H,6,10-11,13-16,18H2,1-2H3,(H,30,34). The van der Waals surface area contributed by atoms with Crippen LogP contribution >= 0.6 is 0 Å². The van der Waals surface area contributed by atoms with Crippen molar-refractivity contribution >= 4 is 28.2 Å². The van der Waals surface area contributed by atoms with E-state index in [0.717, 1.165) is 79.0 Å². The quantitative estimate of drug-likeness (QED) is 0.617. The number of anilines is 2. The number of pyridine rings is 1. The average Bonchev–Trinajstić information content (AvgIpc) is 3.33. The van der Waals surface area contributed by atoms with E-state index in [1.807, 2.05) is 30.3 Å². The molecule has 0 atom stereocenters. The largest absolute Gasteiger partial charge is 0.353 e. The Morgan fingerprint density at radius 1 is 1.06 bits per heavy atom. The van der Waals surface area contributed by atoms with Crippen LogP contribution in [0.4, 0.5) is 11.5 Å². The molecule has 34 heavy (non-hydrogen) atoms. The second-order valence-electron chi connectivity index (χ2n) is 9.61. The van der Waals surface area contributed by atoms with Gasteiger partial charge in [0.1, 0.15) is 11.9 Å². The number of hydrogen-bond donors (Lipinski definition) is 1. The summed E-state index contributed by atoms with van der Waals surface area (Å²) in [6.07, 6.45) is 3.11. The number of benzene rings is 2. The fourth-order valence-corrected chi connectivity index (χ4v) is 5.34. The highest BCUT2D eigenvalue weighted by Gasteiger charge is 2.28. The molecule has 2 aliphatic rings. The van der Waals surface area contributed by atoms with Crippen LogP contribution in [0.25, 0.3) is 10.8 Å². The highest BCUT2D eigenvalue weighted by molar-refractivity contribution is 6.02.